The Morgan fingerprint density at radius 3 is 1.79 bits per heavy atom. The minimum absolute atomic E-state index is 0. The van der Waals surface area contributed by atoms with Gasteiger partial charge < -0.3 is 32.7 Å². The summed E-state index contributed by atoms with van der Waals surface area (Å²) in [6, 6.07) is 0. The summed E-state index contributed by atoms with van der Waals surface area (Å²) in [6.07, 6.45) is -2.49. The van der Waals surface area contributed by atoms with Crippen molar-refractivity contribution in [3.8, 4) is 0 Å². The molecule has 0 bridgehead atoms. The predicted octanol–water partition coefficient (Wildman–Crippen LogP) is -1.12. The first-order valence-electron chi connectivity index (χ1n) is 3.06. The molecule has 0 heterocycles. The van der Waals surface area contributed by atoms with E-state index in [1.165, 1.54) is 13.8 Å². The van der Waals surface area contributed by atoms with Crippen molar-refractivity contribution in [2.45, 2.75) is 26.1 Å². The van der Waals surface area contributed by atoms with Crippen LogP contribution in [0.2, 0.25) is 0 Å². The summed E-state index contributed by atoms with van der Waals surface area (Å²) in [5.74, 6) is -2.17. The molecule has 0 aromatic rings. The maximum absolute atomic E-state index is 10.5. The van der Waals surface area contributed by atoms with Crippen molar-refractivity contribution in [3.63, 3.8) is 0 Å². The molecule has 0 aliphatic rings. The fourth-order valence-corrected chi connectivity index (χ4v) is 0.323. The molecule has 0 aromatic heterocycles. The standard InChI is InChI=1S/C6H10O5.2H3N.H2O/c1-3(7)6(10)11-4(2)5(8)9;;;/h3-4,7H,1-2H3,(H,8,9);2*1H3;1H2. The fraction of sp³-hybridized carbons (Fsp3) is 0.667. The zero-order chi connectivity index (χ0) is 9.02. The molecule has 14 heavy (non-hydrogen) atoms. The number of carbonyl (C=O) groups is 2. The maximum atomic E-state index is 10.5. The third kappa shape index (κ3) is 8.87. The molecule has 0 aliphatic heterocycles. The molecule has 8 nitrogen and oxygen atoms in total. The second-order valence-electron chi connectivity index (χ2n) is 2.09. The Kier molecular flexibility index (Phi) is 16.2. The molecule has 0 aliphatic carbocycles. The monoisotopic (exact) mass is 214 g/mol. The van der Waals surface area contributed by atoms with Crippen molar-refractivity contribution in [2.75, 3.05) is 0 Å². The number of carboxylic acid groups (broad SMARTS) is 1. The fourth-order valence-electron chi connectivity index (χ4n) is 0.323. The van der Waals surface area contributed by atoms with Gasteiger partial charge in [-0.3, -0.25) is 0 Å². The summed E-state index contributed by atoms with van der Waals surface area (Å²) in [4.78, 5) is 20.6. The average molecular weight is 214 g/mol. The molecule has 8 heteroatoms. The summed E-state index contributed by atoms with van der Waals surface area (Å²) in [5.41, 5.74) is 0. The topological polar surface area (TPSA) is 185 Å². The minimum Gasteiger partial charge on any atom is -0.479 e. The summed E-state index contributed by atoms with van der Waals surface area (Å²) >= 11 is 0. The molecule has 0 aromatic carbocycles. The van der Waals surface area contributed by atoms with Crippen LogP contribution in [-0.4, -0.2) is 39.8 Å². The number of hydrogen-bond acceptors (Lipinski definition) is 6. The van der Waals surface area contributed by atoms with E-state index in [2.05, 4.69) is 4.74 Å². The summed E-state index contributed by atoms with van der Waals surface area (Å²) < 4.78 is 4.28. The second-order valence-corrected chi connectivity index (χ2v) is 2.09. The molecule has 0 radical (unpaired) electrons. The van der Waals surface area contributed by atoms with E-state index in [1.807, 2.05) is 0 Å². The highest BCUT2D eigenvalue weighted by Crippen LogP contribution is 1.94. The van der Waals surface area contributed by atoms with Crippen LogP contribution in [-0.2, 0) is 14.3 Å². The van der Waals surface area contributed by atoms with Gasteiger partial charge in [-0.15, -0.1) is 0 Å². The highest BCUT2D eigenvalue weighted by Gasteiger charge is 2.18. The molecular weight excluding hydrogens is 196 g/mol. The van der Waals surface area contributed by atoms with E-state index in [0.717, 1.165) is 0 Å². The first-order chi connectivity index (χ1) is 4.95. The Balaban J connectivity index is -0.000000167. The van der Waals surface area contributed by atoms with Gasteiger partial charge in [0.2, 0.25) is 0 Å². The molecule has 0 saturated heterocycles. The lowest BCUT2D eigenvalue weighted by Crippen LogP contribution is -2.29. The Hall–Kier alpha value is -1.22. The molecule has 10 N–H and O–H groups in total. The summed E-state index contributed by atoms with van der Waals surface area (Å²) in [6.45, 7) is 2.42. The number of aliphatic hydroxyl groups is 1. The first-order valence-corrected chi connectivity index (χ1v) is 3.06. The van der Waals surface area contributed by atoms with E-state index in [-0.39, 0.29) is 17.8 Å². The molecule has 88 valence electrons. The van der Waals surface area contributed by atoms with Gasteiger partial charge in [0, 0.05) is 0 Å². The number of ether oxygens (including phenoxy) is 1. The van der Waals surface area contributed by atoms with Crippen molar-refractivity contribution in [1.82, 2.24) is 12.3 Å². The van der Waals surface area contributed by atoms with Gasteiger partial charge in [-0.25, -0.2) is 9.59 Å². The van der Waals surface area contributed by atoms with Gasteiger partial charge in [0.25, 0.3) is 0 Å². The SMILES string of the molecule is CC(O)C(=O)OC(C)C(=O)O.N.N.O. The third-order valence-electron chi connectivity index (χ3n) is 0.982. The van der Waals surface area contributed by atoms with Crippen molar-refractivity contribution in [3.05, 3.63) is 0 Å². The number of esters is 1. The van der Waals surface area contributed by atoms with E-state index in [1.54, 1.807) is 0 Å². The zero-order valence-corrected chi connectivity index (χ0v) is 8.19. The van der Waals surface area contributed by atoms with E-state index in [0.29, 0.717) is 0 Å². The van der Waals surface area contributed by atoms with Crippen LogP contribution in [0.4, 0.5) is 0 Å². The lowest BCUT2D eigenvalue weighted by molar-refractivity contribution is -0.168. The number of hydrogen-bond donors (Lipinski definition) is 4. The van der Waals surface area contributed by atoms with Crippen LogP contribution in [0.3, 0.4) is 0 Å². The van der Waals surface area contributed by atoms with E-state index < -0.39 is 24.1 Å². The quantitative estimate of drug-likeness (QED) is 0.428. The van der Waals surface area contributed by atoms with Gasteiger partial charge in [0.05, 0.1) is 0 Å². The van der Waals surface area contributed by atoms with E-state index >= 15 is 0 Å². The van der Waals surface area contributed by atoms with Crippen LogP contribution < -0.4 is 12.3 Å². The Labute approximate surface area is 81.3 Å². The second kappa shape index (κ2) is 9.86. The van der Waals surface area contributed by atoms with Crippen LogP contribution in [0, 0.1) is 0 Å². The van der Waals surface area contributed by atoms with Crippen molar-refractivity contribution in [1.29, 1.82) is 0 Å². The predicted molar refractivity (Wildman–Crippen MR) is 48.5 cm³/mol. The molecule has 2 unspecified atom stereocenters. The van der Waals surface area contributed by atoms with Crippen LogP contribution in [0.15, 0.2) is 0 Å². The molecule has 0 fully saturated rings. The zero-order valence-electron chi connectivity index (χ0n) is 8.19. The smallest absolute Gasteiger partial charge is 0.344 e. The number of aliphatic carboxylic acids is 1. The molecule has 0 saturated carbocycles. The average Bonchev–Trinajstić information content (AvgIpc) is 1.87. The van der Waals surface area contributed by atoms with Crippen molar-refractivity contribution < 1.29 is 30.0 Å². The van der Waals surface area contributed by atoms with Gasteiger partial charge in [-0.2, -0.15) is 0 Å². The lowest BCUT2D eigenvalue weighted by atomic mass is 10.4. The Morgan fingerprint density at radius 2 is 1.57 bits per heavy atom. The van der Waals surface area contributed by atoms with Gasteiger partial charge in [0.1, 0.15) is 6.10 Å². The molecule has 0 spiro atoms. The van der Waals surface area contributed by atoms with E-state index in [9.17, 15) is 9.59 Å². The van der Waals surface area contributed by atoms with Crippen molar-refractivity contribution >= 4 is 11.9 Å². The number of aliphatic hydroxyl groups excluding tert-OH is 1. The van der Waals surface area contributed by atoms with Crippen LogP contribution in [0.1, 0.15) is 13.8 Å². The molecule has 0 amide bonds. The van der Waals surface area contributed by atoms with Crippen LogP contribution in [0.5, 0.6) is 0 Å². The summed E-state index contributed by atoms with van der Waals surface area (Å²) in [5, 5.41) is 16.8. The van der Waals surface area contributed by atoms with Gasteiger partial charge in [0.15, 0.2) is 6.10 Å². The highest BCUT2D eigenvalue weighted by atomic mass is 16.6. The van der Waals surface area contributed by atoms with Crippen molar-refractivity contribution in [2.24, 2.45) is 0 Å². The summed E-state index contributed by atoms with van der Waals surface area (Å²) in [7, 11) is 0. The molecule has 2 atom stereocenters. The normalized spacial score (nSPS) is 11.9. The maximum Gasteiger partial charge on any atom is 0.344 e. The van der Waals surface area contributed by atoms with Gasteiger partial charge in [-0.1, -0.05) is 0 Å². The molecular formula is C6H18N2O6. The van der Waals surface area contributed by atoms with Gasteiger partial charge >= 0.3 is 11.9 Å². The third-order valence-corrected chi connectivity index (χ3v) is 0.982. The largest absolute Gasteiger partial charge is 0.479 e. The first kappa shape index (κ1) is 23.0. The number of rotatable bonds is 3. The van der Waals surface area contributed by atoms with Crippen LogP contribution in [0.25, 0.3) is 0 Å². The van der Waals surface area contributed by atoms with Gasteiger partial charge in [-0.05, 0) is 13.8 Å². The lowest BCUT2D eigenvalue weighted by Gasteiger charge is -2.09. The Morgan fingerprint density at radius 1 is 1.21 bits per heavy atom. The highest BCUT2D eigenvalue weighted by molar-refractivity contribution is 5.79. The number of carbonyl (C=O) groups excluding carboxylic acids is 1. The number of carboxylic acids is 1. The molecule has 0 rings (SSSR count). The Bertz CT molecular complexity index is 172. The van der Waals surface area contributed by atoms with Crippen LogP contribution >= 0.6 is 0 Å². The van der Waals surface area contributed by atoms with E-state index in [4.69, 9.17) is 10.2 Å². The minimum atomic E-state index is -1.28.